The Bertz CT molecular complexity index is 69.9. The Balaban J connectivity index is 2.38. The predicted octanol–water partition coefficient (Wildman–Crippen LogP) is -0.178. The maximum absolute atomic E-state index is 8.58. The lowest BCUT2D eigenvalue weighted by atomic mass is 10.3. The molecule has 0 amide bonds. The van der Waals surface area contributed by atoms with E-state index in [4.69, 9.17) is 5.11 Å². The van der Waals surface area contributed by atoms with Crippen molar-refractivity contribution in [3.63, 3.8) is 0 Å². The summed E-state index contributed by atoms with van der Waals surface area (Å²) in [6.07, 6.45) is 2.16. The van der Waals surface area contributed by atoms with Crippen LogP contribution in [0.15, 0.2) is 4.99 Å². The third-order valence-corrected chi connectivity index (χ3v) is 0.831. The molecule has 1 aliphatic heterocycles. The first-order chi connectivity index (χ1) is 2.89. The molecule has 34 valence electrons. The van der Waals surface area contributed by atoms with E-state index >= 15 is 0 Å². The molecule has 2 nitrogen and oxygen atoms in total. The average Bonchev–Trinajstić information content (AvgIpc) is 1.86. The van der Waals surface area contributed by atoms with Gasteiger partial charge in [-0.3, -0.25) is 4.99 Å². The van der Waals surface area contributed by atoms with Crippen LogP contribution < -0.4 is 0 Å². The van der Waals surface area contributed by atoms with Gasteiger partial charge in [-0.2, -0.15) is 0 Å². The van der Waals surface area contributed by atoms with Crippen LogP contribution in [-0.4, -0.2) is 24.0 Å². The van der Waals surface area contributed by atoms with Gasteiger partial charge in [-0.15, -0.1) is 0 Å². The van der Waals surface area contributed by atoms with E-state index in [0.29, 0.717) is 0 Å². The van der Waals surface area contributed by atoms with Gasteiger partial charge in [-0.05, 0) is 6.42 Å². The standard InChI is InChI=1S/C4H7NO/c6-4-1-2-5-3-4/h3-4,6H,1-2H2/t4-/m0/s1. The van der Waals surface area contributed by atoms with Gasteiger partial charge in [0, 0.05) is 12.8 Å². The molecule has 2 heteroatoms. The van der Waals surface area contributed by atoms with E-state index < -0.39 is 0 Å². The van der Waals surface area contributed by atoms with Crippen molar-refractivity contribution in [2.24, 2.45) is 4.99 Å². The highest BCUT2D eigenvalue weighted by molar-refractivity contribution is 5.64. The van der Waals surface area contributed by atoms with Crippen LogP contribution >= 0.6 is 0 Å². The zero-order chi connectivity index (χ0) is 4.41. The Hall–Kier alpha value is -0.370. The molecule has 0 unspecified atom stereocenters. The van der Waals surface area contributed by atoms with Crippen LogP contribution in [0.25, 0.3) is 0 Å². The van der Waals surface area contributed by atoms with Crippen molar-refractivity contribution in [1.29, 1.82) is 0 Å². The van der Waals surface area contributed by atoms with Crippen molar-refractivity contribution >= 4 is 6.21 Å². The molecule has 0 saturated carbocycles. The second-order valence-electron chi connectivity index (χ2n) is 1.41. The summed E-state index contributed by atoms with van der Waals surface area (Å²) in [6.45, 7) is 0.807. The number of nitrogens with zero attached hydrogens (tertiary/aromatic N) is 1. The highest BCUT2D eigenvalue weighted by Gasteiger charge is 2.02. The van der Waals surface area contributed by atoms with Crippen molar-refractivity contribution < 1.29 is 5.11 Å². The number of rotatable bonds is 0. The number of aliphatic imine (C=N–C) groups is 1. The lowest BCUT2D eigenvalue weighted by molar-refractivity contribution is 0.247. The molecule has 0 aliphatic carbocycles. The molecule has 1 N–H and O–H groups in total. The molecule has 1 atom stereocenters. The monoisotopic (exact) mass is 85.1 g/mol. The summed E-state index contributed by atoms with van der Waals surface area (Å²) in [5.74, 6) is 0. The van der Waals surface area contributed by atoms with Crippen molar-refractivity contribution in [3.05, 3.63) is 0 Å². The normalized spacial score (nSPS) is 31.8. The summed E-state index contributed by atoms with van der Waals surface area (Å²) in [4.78, 5) is 3.79. The third-order valence-electron chi connectivity index (χ3n) is 0.831. The van der Waals surface area contributed by atoms with E-state index in [1.807, 2.05) is 0 Å². The van der Waals surface area contributed by atoms with Gasteiger partial charge in [0.25, 0.3) is 0 Å². The molecule has 0 bridgehead atoms. The second-order valence-corrected chi connectivity index (χ2v) is 1.41. The molecule has 0 aromatic rings. The maximum Gasteiger partial charge on any atom is 0.0904 e. The summed E-state index contributed by atoms with van der Waals surface area (Å²) in [5.41, 5.74) is 0. The average molecular weight is 85.1 g/mol. The van der Waals surface area contributed by atoms with Gasteiger partial charge in [-0.25, -0.2) is 0 Å². The number of hydrogen-bond donors (Lipinski definition) is 1. The SMILES string of the molecule is O[C@@H]1C=NCC1. The van der Waals surface area contributed by atoms with Crippen LogP contribution in [0.1, 0.15) is 6.42 Å². The first-order valence-electron chi connectivity index (χ1n) is 2.07. The molecule has 1 aliphatic rings. The third kappa shape index (κ3) is 0.571. The maximum atomic E-state index is 8.58. The van der Waals surface area contributed by atoms with Crippen LogP contribution in [0.4, 0.5) is 0 Å². The molecular weight excluding hydrogens is 78.0 g/mol. The molecule has 0 spiro atoms. The first kappa shape index (κ1) is 3.81. The van der Waals surface area contributed by atoms with Crippen molar-refractivity contribution in [2.45, 2.75) is 12.5 Å². The summed E-state index contributed by atoms with van der Waals surface area (Å²) >= 11 is 0. The van der Waals surface area contributed by atoms with E-state index in [0.717, 1.165) is 13.0 Å². The number of hydrogen-bond acceptors (Lipinski definition) is 2. The molecule has 1 heterocycles. The summed E-state index contributed by atoms with van der Waals surface area (Å²) in [6, 6.07) is 0. The quantitative estimate of drug-likeness (QED) is 0.435. The van der Waals surface area contributed by atoms with Gasteiger partial charge in [0.1, 0.15) is 0 Å². The minimum atomic E-state index is -0.245. The Morgan fingerprint density at radius 1 is 1.83 bits per heavy atom. The van der Waals surface area contributed by atoms with Crippen LogP contribution in [-0.2, 0) is 0 Å². The Labute approximate surface area is 36.5 Å². The topological polar surface area (TPSA) is 32.6 Å². The van der Waals surface area contributed by atoms with Gasteiger partial charge in [-0.1, -0.05) is 0 Å². The van der Waals surface area contributed by atoms with Crippen LogP contribution in [0.3, 0.4) is 0 Å². The van der Waals surface area contributed by atoms with Crippen molar-refractivity contribution in [2.75, 3.05) is 6.54 Å². The summed E-state index contributed by atoms with van der Waals surface area (Å²) in [5, 5.41) is 8.58. The zero-order valence-electron chi connectivity index (χ0n) is 3.46. The van der Waals surface area contributed by atoms with Crippen LogP contribution in [0, 0.1) is 0 Å². The minimum absolute atomic E-state index is 0.245. The Kier molecular flexibility index (Phi) is 0.881. The lowest BCUT2D eigenvalue weighted by Crippen LogP contribution is -2.00. The zero-order valence-corrected chi connectivity index (χ0v) is 3.46. The number of aliphatic hydroxyl groups is 1. The number of aliphatic hydroxyl groups excluding tert-OH is 1. The minimum Gasteiger partial charge on any atom is -0.387 e. The molecule has 0 radical (unpaired) electrons. The molecular formula is C4H7NO. The molecule has 6 heavy (non-hydrogen) atoms. The van der Waals surface area contributed by atoms with E-state index in [9.17, 15) is 0 Å². The van der Waals surface area contributed by atoms with E-state index in [1.165, 1.54) is 0 Å². The van der Waals surface area contributed by atoms with Gasteiger partial charge in [0.2, 0.25) is 0 Å². The van der Waals surface area contributed by atoms with E-state index in [-0.39, 0.29) is 6.10 Å². The Morgan fingerprint density at radius 3 is 2.83 bits per heavy atom. The largest absolute Gasteiger partial charge is 0.387 e. The van der Waals surface area contributed by atoms with E-state index in [1.54, 1.807) is 6.21 Å². The second kappa shape index (κ2) is 1.39. The summed E-state index contributed by atoms with van der Waals surface area (Å²) in [7, 11) is 0. The molecule has 0 fully saturated rings. The fourth-order valence-electron chi connectivity index (χ4n) is 0.478. The first-order valence-corrected chi connectivity index (χ1v) is 2.07. The fraction of sp³-hybridized carbons (Fsp3) is 0.750. The van der Waals surface area contributed by atoms with Crippen LogP contribution in [0.2, 0.25) is 0 Å². The molecule has 0 saturated heterocycles. The highest BCUT2D eigenvalue weighted by atomic mass is 16.3. The van der Waals surface area contributed by atoms with E-state index in [2.05, 4.69) is 4.99 Å². The van der Waals surface area contributed by atoms with Gasteiger partial charge < -0.3 is 5.11 Å². The highest BCUT2D eigenvalue weighted by Crippen LogP contribution is 1.94. The fourth-order valence-corrected chi connectivity index (χ4v) is 0.478. The van der Waals surface area contributed by atoms with Gasteiger partial charge in [0.05, 0.1) is 6.10 Å². The Morgan fingerprint density at radius 2 is 2.67 bits per heavy atom. The van der Waals surface area contributed by atoms with Crippen molar-refractivity contribution in [1.82, 2.24) is 0 Å². The van der Waals surface area contributed by atoms with Gasteiger partial charge >= 0.3 is 0 Å². The molecule has 1 rings (SSSR count). The molecule has 0 aromatic carbocycles. The lowest BCUT2D eigenvalue weighted by Gasteiger charge is -1.86. The predicted molar refractivity (Wildman–Crippen MR) is 24.0 cm³/mol. The van der Waals surface area contributed by atoms with Crippen LogP contribution in [0.5, 0.6) is 0 Å². The van der Waals surface area contributed by atoms with Gasteiger partial charge in [0.15, 0.2) is 0 Å². The van der Waals surface area contributed by atoms with Crippen molar-refractivity contribution in [3.8, 4) is 0 Å². The summed E-state index contributed by atoms with van der Waals surface area (Å²) < 4.78 is 0. The smallest absolute Gasteiger partial charge is 0.0904 e. The molecule has 0 aromatic heterocycles.